The normalized spacial score (nSPS) is 11.6. The second-order valence-corrected chi connectivity index (χ2v) is 5.19. The van der Waals surface area contributed by atoms with Gasteiger partial charge in [-0.25, -0.2) is 0 Å². The Morgan fingerprint density at radius 1 is 1.04 bits per heavy atom. The number of rotatable bonds is 9. The summed E-state index contributed by atoms with van der Waals surface area (Å²) in [4.78, 5) is 12.4. The number of anilines is 1. The molecule has 1 atom stereocenters. The van der Waals surface area contributed by atoms with Crippen molar-refractivity contribution in [2.75, 3.05) is 25.6 Å². The fourth-order valence-electron chi connectivity index (χ4n) is 2.11. The number of carbonyl (C=O) groups excluding carboxylic acids is 1. The highest BCUT2D eigenvalue weighted by molar-refractivity contribution is 5.94. The lowest BCUT2D eigenvalue weighted by Crippen LogP contribution is -2.32. The predicted molar refractivity (Wildman–Crippen MR) is 93.6 cm³/mol. The van der Waals surface area contributed by atoms with Crippen LogP contribution >= 0.6 is 0 Å². The number of para-hydroxylation sites is 1. The maximum absolute atomic E-state index is 12.4. The van der Waals surface area contributed by atoms with Gasteiger partial charge in [-0.05, 0) is 30.7 Å². The van der Waals surface area contributed by atoms with Gasteiger partial charge in [-0.15, -0.1) is 0 Å². The number of ether oxygens (including phenoxy) is 3. The molecule has 5 heteroatoms. The van der Waals surface area contributed by atoms with E-state index in [1.54, 1.807) is 13.2 Å². The van der Waals surface area contributed by atoms with Crippen molar-refractivity contribution in [2.24, 2.45) is 0 Å². The Morgan fingerprint density at radius 2 is 1.79 bits per heavy atom. The van der Waals surface area contributed by atoms with Crippen LogP contribution in [0.1, 0.15) is 13.3 Å². The third-order valence-corrected chi connectivity index (χ3v) is 3.34. The van der Waals surface area contributed by atoms with E-state index in [4.69, 9.17) is 14.2 Å². The Hall–Kier alpha value is -2.53. The van der Waals surface area contributed by atoms with Crippen LogP contribution in [0.4, 0.5) is 5.69 Å². The van der Waals surface area contributed by atoms with Gasteiger partial charge in [0.05, 0.1) is 6.61 Å². The van der Waals surface area contributed by atoms with E-state index >= 15 is 0 Å². The van der Waals surface area contributed by atoms with Crippen molar-refractivity contribution >= 4 is 11.6 Å². The summed E-state index contributed by atoms with van der Waals surface area (Å²) < 4.78 is 16.2. The van der Waals surface area contributed by atoms with Gasteiger partial charge in [-0.1, -0.05) is 31.2 Å². The highest BCUT2D eigenvalue weighted by Crippen LogP contribution is 2.19. The maximum atomic E-state index is 12.4. The Kier molecular flexibility index (Phi) is 7.11. The summed E-state index contributed by atoms with van der Waals surface area (Å²) in [5.74, 6) is 1.17. The van der Waals surface area contributed by atoms with E-state index in [1.807, 2.05) is 55.5 Å². The topological polar surface area (TPSA) is 56.8 Å². The Morgan fingerprint density at radius 3 is 2.50 bits per heavy atom. The van der Waals surface area contributed by atoms with Gasteiger partial charge in [-0.2, -0.15) is 0 Å². The van der Waals surface area contributed by atoms with Gasteiger partial charge >= 0.3 is 0 Å². The van der Waals surface area contributed by atoms with Crippen molar-refractivity contribution in [3.05, 3.63) is 54.6 Å². The molecule has 0 heterocycles. The molecule has 0 saturated carbocycles. The van der Waals surface area contributed by atoms with Gasteiger partial charge in [0.15, 0.2) is 6.10 Å². The van der Waals surface area contributed by atoms with E-state index in [-0.39, 0.29) is 5.91 Å². The molecule has 1 N–H and O–H groups in total. The number of benzene rings is 2. The molecule has 1 amide bonds. The highest BCUT2D eigenvalue weighted by atomic mass is 16.5. The third kappa shape index (κ3) is 5.59. The summed E-state index contributed by atoms with van der Waals surface area (Å²) in [6, 6.07) is 16.6. The molecule has 2 rings (SSSR count). The van der Waals surface area contributed by atoms with E-state index in [1.165, 1.54) is 0 Å². The second kappa shape index (κ2) is 9.57. The van der Waals surface area contributed by atoms with Crippen LogP contribution in [0.2, 0.25) is 0 Å². The molecule has 0 fully saturated rings. The smallest absolute Gasteiger partial charge is 0.265 e. The molecular weight excluding hydrogens is 306 g/mol. The van der Waals surface area contributed by atoms with Crippen LogP contribution in [0.5, 0.6) is 11.5 Å². The monoisotopic (exact) mass is 329 g/mol. The molecule has 2 aromatic carbocycles. The van der Waals surface area contributed by atoms with Gasteiger partial charge in [0, 0.05) is 18.9 Å². The van der Waals surface area contributed by atoms with Gasteiger partial charge in [0.25, 0.3) is 5.91 Å². The molecule has 0 bridgehead atoms. The molecule has 0 aliphatic rings. The molecule has 128 valence electrons. The van der Waals surface area contributed by atoms with Crippen LogP contribution in [0.3, 0.4) is 0 Å². The number of methoxy groups -OCH3 is 1. The zero-order chi connectivity index (χ0) is 17.2. The minimum absolute atomic E-state index is 0.185. The van der Waals surface area contributed by atoms with Crippen molar-refractivity contribution < 1.29 is 19.0 Å². The second-order valence-electron chi connectivity index (χ2n) is 5.19. The first-order valence-electron chi connectivity index (χ1n) is 7.97. The van der Waals surface area contributed by atoms with E-state index in [9.17, 15) is 4.79 Å². The Labute approximate surface area is 142 Å². The van der Waals surface area contributed by atoms with E-state index < -0.39 is 6.10 Å². The molecule has 1 unspecified atom stereocenters. The molecule has 0 saturated heterocycles. The van der Waals surface area contributed by atoms with Crippen molar-refractivity contribution in [3.63, 3.8) is 0 Å². The first-order chi connectivity index (χ1) is 11.7. The minimum atomic E-state index is -0.550. The zero-order valence-electron chi connectivity index (χ0n) is 14.0. The average molecular weight is 329 g/mol. The van der Waals surface area contributed by atoms with Crippen molar-refractivity contribution in [3.8, 4) is 11.5 Å². The van der Waals surface area contributed by atoms with Crippen LogP contribution in [-0.2, 0) is 9.53 Å². The summed E-state index contributed by atoms with van der Waals surface area (Å²) in [6.45, 7) is 2.89. The maximum Gasteiger partial charge on any atom is 0.265 e. The molecular formula is C19H23NO4. The molecule has 5 nitrogen and oxygen atoms in total. The summed E-state index contributed by atoms with van der Waals surface area (Å²) in [7, 11) is 1.62. The van der Waals surface area contributed by atoms with Crippen LogP contribution < -0.4 is 14.8 Å². The molecule has 0 aliphatic heterocycles. The number of carbonyl (C=O) groups is 1. The van der Waals surface area contributed by atoms with Crippen LogP contribution in [0.25, 0.3) is 0 Å². The molecule has 0 aromatic heterocycles. The molecule has 0 radical (unpaired) electrons. The lowest BCUT2D eigenvalue weighted by atomic mass is 10.2. The van der Waals surface area contributed by atoms with Crippen molar-refractivity contribution in [1.29, 1.82) is 0 Å². The Balaban J connectivity index is 1.95. The summed E-state index contributed by atoms with van der Waals surface area (Å²) >= 11 is 0. The molecule has 2 aromatic rings. The lowest BCUT2D eigenvalue weighted by Gasteiger charge is -2.17. The van der Waals surface area contributed by atoms with Crippen molar-refractivity contribution in [1.82, 2.24) is 0 Å². The summed E-state index contributed by atoms with van der Waals surface area (Å²) in [6.07, 6.45) is 0.0237. The lowest BCUT2D eigenvalue weighted by molar-refractivity contribution is -0.122. The van der Waals surface area contributed by atoms with Crippen molar-refractivity contribution in [2.45, 2.75) is 19.4 Å². The largest absolute Gasteiger partial charge is 0.491 e. The molecule has 24 heavy (non-hydrogen) atoms. The van der Waals surface area contributed by atoms with Crippen LogP contribution in [-0.4, -0.2) is 32.3 Å². The number of hydrogen-bond donors (Lipinski definition) is 1. The third-order valence-electron chi connectivity index (χ3n) is 3.34. The van der Waals surface area contributed by atoms with Gasteiger partial charge in [0.1, 0.15) is 18.1 Å². The first kappa shape index (κ1) is 17.8. The fourth-order valence-corrected chi connectivity index (χ4v) is 2.11. The van der Waals surface area contributed by atoms with E-state index in [2.05, 4.69) is 5.32 Å². The average Bonchev–Trinajstić information content (AvgIpc) is 2.61. The number of nitrogens with one attached hydrogen (secondary N) is 1. The first-order valence-corrected chi connectivity index (χ1v) is 7.97. The zero-order valence-corrected chi connectivity index (χ0v) is 14.0. The SMILES string of the molecule is CCC(Oc1ccccc1)C(=O)Nc1cccc(OCCOC)c1. The molecule has 0 aliphatic carbocycles. The van der Waals surface area contributed by atoms with Crippen LogP contribution in [0.15, 0.2) is 54.6 Å². The van der Waals surface area contributed by atoms with E-state index in [0.717, 1.165) is 0 Å². The van der Waals surface area contributed by atoms with E-state index in [0.29, 0.717) is 36.8 Å². The quantitative estimate of drug-likeness (QED) is 0.715. The van der Waals surface area contributed by atoms with Gasteiger partial charge in [-0.3, -0.25) is 4.79 Å². The Bertz CT molecular complexity index is 630. The number of amides is 1. The minimum Gasteiger partial charge on any atom is -0.491 e. The van der Waals surface area contributed by atoms with Gasteiger partial charge in [0.2, 0.25) is 0 Å². The summed E-state index contributed by atoms with van der Waals surface area (Å²) in [5.41, 5.74) is 0.671. The summed E-state index contributed by atoms with van der Waals surface area (Å²) in [5, 5.41) is 2.87. The van der Waals surface area contributed by atoms with Gasteiger partial charge < -0.3 is 19.5 Å². The number of hydrogen-bond acceptors (Lipinski definition) is 4. The predicted octanol–water partition coefficient (Wildman–Crippen LogP) is 3.51. The molecule has 0 spiro atoms. The fraction of sp³-hybridized carbons (Fsp3) is 0.316. The standard InChI is InChI=1S/C19H23NO4/c1-3-18(24-16-9-5-4-6-10-16)19(21)20-15-8-7-11-17(14-15)23-13-12-22-2/h4-11,14,18H,3,12-13H2,1-2H3,(H,20,21). The highest BCUT2D eigenvalue weighted by Gasteiger charge is 2.18. The van der Waals surface area contributed by atoms with Crippen LogP contribution in [0, 0.1) is 0 Å².